The summed E-state index contributed by atoms with van der Waals surface area (Å²) in [4.78, 5) is 8.96. The lowest BCUT2D eigenvalue weighted by molar-refractivity contribution is 0.798. The van der Waals surface area contributed by atoms with E-state index < -0.39 is 0 Å². The predicted molar refractivity (Wildman–Crippen MR) is 66.8 cm³/mol. The highest BCUT2D eigenvalue weighted by molar-refractivity contribution is 5.49. The highest BCUT2D eigenvalue weighted by Crippen LogP contribution is 2.37. The average Bonchev–Trinajstić information content (AvgIpc) is 2.96. The van der Waals surface area contributed by atoms with E-state index in [1.54, 1.807) is 0 Å². The summed E-state index contributed by atoms with van der Waals surface area (Å²) in [5, 5.41) is 6.56. The molecule has 0 spiro atoms. The van der Waals surface area contributed by atoms with E-state index in [9.17, 15) is 0 Å². The molecule has 2 rings (SSSR count). The van der Waals surface area contributed by atoms with Crippen molar-refractivity contribution in [2.45, 2.75) is 45.1 Å². The van der Waals surface area contributed by atoms with Crippen molar-refractivity contribution in [3.8, 4) is 0 Å². The number of aryl methyl sites for hydroxylation is 1. The number of hydrogen-bond acceptors (Lipinski definition) is 4. The smallest absolute Gasteiger partial charge is 0.133 e. The summed E-state index contributed by atoms with van der Waals surface area (Å²) in [5.41, 5.74) is 0.267. The first-order valence-electron chi connectivity index (χ1n) is 5.99. The summed E-state index contributed by atoms with van der Waals surface area (Å²) >= 11 is 0. The molecule has 0 aliphatic heterocycles. The Kier molecular flexibility index (Phi) is 2.99. The summed E-state index contributed by atoms with van der Waals surface area (Å²) in [6.07, 6.45) is 4.47. The second-order valence-electron chi connectivity index (χ2n) is 4.74. The molecule has 1 heterocycles. The molecule has 0 saturated heterocycles. The number of anilines is 2. The van der Waals surface area contributed by atoms with E-state index in [-0.39, 0.29) is 5.54 Å². The topological polar surface area (TPSA) is 49.8 Å². The Bertz CT molecular complexity index is 371. The van der Waals surface area contributed by atoms with Crippen molar-refractivity contribution < 1.29 is 0 Å². The van der Waals surface area contributed by atoms with E-state index in [1.807, 2.05) is 13.1 Å². The van der Waals surface area contributed by atoms with Crippen LogP contribution in [0.2, 0.25) is 0 Å². The van der Waals surface area contributed by atoms with E-state index >= 15 is 0 Å². The maximum atomic E-state index is 4.53. The van der Waals surface area contributed by atoms with E-state index in [0.717, 1.165) is 30.3 Å². The van der Waals surface area contributed by atoms with Crippen LogP contribution in [0.5, 0.6) is 0 Å². The molecule has 2 N–H and O–H groups in total. The van der Waals surface area contributed by atoms with Crippen LogP contribution in [0.3, 0.4) is 0 Å². The molecule has 88 valence electrons. The van der Waals surface area contributed by atoms with Crippen molar-refractivity contribution in [2.75, 3.05) is 17.7 Å². The maximum absolute atomic E-state index is 4.53. The molecule has 0 unspecified atom stereocenters. The quantitative estimate of drug-likeness (QED) is 0.800. The highest BCUT2D eigenvalue weighted by Gasteiger charge is 2.37. The van der Waals surface area contributed by atoms with Gasteiger partial charge in [-0.25, -0.2) is 9.97 Å². The third-order valence-electron chi connectivity index (χ3n) is 2.93. The number of hydrogen-bond donors (Lipinski definition) is 2. The summed E-state index contributed by atoms with van der Waals surface area (Å²) in [5.74, 6) is 2.76. The van der Waals surface area contributed by atoms with Crippen molar-refractivity contribution in [1.82, 2.24) is 9.97 Å². The molecule has 1 aromatic rings. The van der Waals surface area contributed by atoms with Crippen molar-refractivity contribution in [3.05, 3.63) is 11.9 Å². The van der Waals surface area contributed by atoms with Gasteiger partial charge in [0.1, 0.15) is 17.5 Å². The van der Waals surface area contributed by atoms with Gasteiger partial charge in [0, 0.05) is 25.1 Å². The van der Waals surface area contributed by atoms with Gasteiger partial charge in [-0.2, -0.15) is 0 Å². The number of nitrogens with zero attached hydrogens (tertiary/aromatic N) is 2. The standard InChI is InChI=1S/C12H20N4/c1-4-5-9-14-10(13-3)8-11(15-9)16-12(2)6-7-12/h8H,4-7H2,1-3H3,(H2,13,14,15,16). The van der Waals surface area contributed by atoms with Crippen LogP contribution in [0, 0.1) is 0 Å². The first-order valence-corrected chi connectivity index (χ1v) is 5.99. The fraction of sp³-hybridized carbons (Fsp3) is 0.667. The Morgan fingerprint density at radius 2 is 2.00 bits per heavy atom. The summed E-state index contributed by atoms with van der Waals surface area (Å²) in [7, 11) is 1.89. The van der Waals surface area contributed by atoms with Gasteiger partial charge in [-0.15, -0.1) is 0 Å². The molecule has 0 amide bonds. The lowest BCUT2D eigenvalue weighted by atomic mass is 10.3. The molecule has 1 saturated carbocycles. The first-order chi connectivity index (χ1) is 7.65. The van der Waals surface area contributed by atoms with E-state index in [4.69, 9.17) is 0 Å². The largest absolute Gasteiger partial charge is 0.373 e. The lowest BCUT2D eigenvalue weighted by Crippen LogP contribution is -2.18. The molecular formula is C12H20N4. The minimum Gasteiger partial charge on any atom is -0.373 e. The van der Waals surface area contributed by atoms with Gasteiger partial charge in [0.15, 0.2) is 0 Å². The van der Waals surface area contributed by atoms with Gasteiger partial charge >= 0.3 is 0 Å². The maximum Gasteiger partial charge on any atom is 0.133 e. The minimum atomic E-state index is 0.267. The summed E-state index contributed by atoms with van der Waals surface area (Å²) in [6, 6.07) is 1.97. The van der Waals surface area contributed by atoms with Gasteiger partial charge < -0.3 is 10.6 Å². The highest BCUT2D eigenvalue weighted by atomic mass is 15.1. The zero-order chi connectivity index (χ0) is 11.6. The Balaban J connectivity index is 2.18. The number of nitrogens with one attached hydrogen (secondary N) is 2. The van der Waals surface area contributed by atoms with Crippen molar-refractivity contribution >= 4 is 11.6 Å². The molecule has 4 heteroatoms. The lowest BCUT2D eigenvalue weighted by Gasteiger charge is -2.14. The number of rotatable bonds is 5. The minimum absolute atomic E-state index is 0.267. The monoisotopic (exact) mass is 220 g/mol. The molecule has 4 nitrogen and oxygen atoms in total. The molecule has 1 aliphatic carbocycles. The summed E-state index contributed by atoms with van der Waals surface area (Å²) in [6.45, 7) is 4.37. The van der Waals surface area contributed by atoms with Gasteiger partial charge in [-0.3, -0.25) is 0 Å². The van der Waals surface area contributed by atoms with Gasteiger partial charge in [-0.05, 0) is 26.2 Å². The molecule has 0 atom stereocenters. The molecule has 1 fully saturated rings. The van der Waals surface area contributed by atoms with Crippen LogP contribution in [0.4, 0.5) is 11.6 Å². The van der Waals surface area contributed by atoms with Crippen LogP contribution in [0.1, 0.15) is 38.9 Å². The third-order valence-corrected chi connectivity index (χ3v) is 2.93. The molecule has 1 aromatic heterocycles. The Morgan fingerprint density at radius 1 is 1.31 bits per heavy atom. The zero-order valence-electron chi connectivity index (χ0n) is 10.3. The van der Waals surface area contributed by atoms with Gasteiger partial charge in [0.25, 0.3) is 0 Å². The normalized spacial score (nSPS) is 16.9. The van der Waals surface area contributed by atoms with Crippen LogP contribution in [0.15, 0.2) is 6.07 Å². The molecule has 0 radical (unpaired) electrons. The first kappa shape index (κ1) is 11.2. The molecular weight excluding hydrogens is 200 g/mol. The molecule has 0 aromatic carbocycles. The Morgan fingerprint density at radius 3 is 2.56 bits per heavy atom. The Labute approximate surface area is 96.9 Å². The molecule has 0 bridgehead atoms. The van der Waals surface area contributed by atoms with Gasteiger partial charge in [0.05, 0.1) is 0 Å². The van der Waals surface area contributed by atoms with Crippen molar-refractivity contribution in [2.24, 2.45) is 0 Å². The van der Waals surface area contributed by atoms with E-state index in [1.165, 1.54) is 12.8 Å². The second kappa shape index (κ2) is 4.28. The number of aromatic nitrogens is 2. The van der Waals surface area contributed by atoms with Gasteiger partial charge in [-0.1, -0.05) is 6.92 Å². The van der Waals surface area contributed by atoms with Crippen LogP contribution in [-0.4, -0.2) is 22.6 Å². The average molecular weight is 220 g/mol. The SMILES string of the molecule is CCCc1nc(NC)cc(NC2(C)CC2)n1. The van der Waals surface area contributed by atoms with Crippen LogP contribution in [-0.2, 0) is 6.42 Å². The molecule has 1 aliphatic rings. The van der Waals surface area contributed by atoms with Gasteiger partial charge in [0.2, 0.25) is 0 Å². The zero-order valence-corrected chi connectivity index (χ0v) is 10.3. The van der Waals surface area contributed by atoms with Crippen LogP contribution >= 0.6 is 0 Å². The molecule has 16 heavy (non-hydrogen) atoms. The fourth-order valence-electron chi connectivity index (χ4n) is 1.65. The van der Waals surface area contributed by atoms with Crippen LogP contribution < -0.4 is 10.6 Å². The Hall–Kier alpha value is -1.32. The fourth-order valence-corrected chi connectivity index (χ4v) is 1.65. The second-order valence-corrected chi connectivity index (χ2v) is 4.74. The van der Waals surface area contributed by atoms with Crippen LogP contribution in [0.25, 0.3) is 0 Å². The van der Waals surface area contributed by atoms with Crippen molar-refractivity contribution in [1.29, 1.82) is 0 Å². The predicted octanol–water partition coefficient (Wildman–Crippen LogP) is 2.44. The van der Waals surface area contributed by atoms with E-state index in [0.29, 0.717) is 0 Å². The van der Waals surface area contributed by atoms with Crippen molar-refractivity contribution in [3.63, 3.8) is 0 Å². The van der Waals surface area contributed by atoms with E-state index in [2.05, 4.69) is 34.4 Å². The summed E-state index contributed by atoms with van der Waals surface area (Å²) < 4.78 is 0. The third kappa shape index (κ3) is 2.62.